The number of nitrogens with one attached hydrogen (secondary N) is 1. The molecular formula is C8H15NO. The van der Waals surface area contributed by atoms with Gasteiger partial charge in [0.15, 0.2) is 0 Å². The summed E-state index contributed by atoms with van der Waals surface area (Å²) in [5.41, 5.74) is 0. The van der Waals surface area contributed by atoms with E-state index in [0.717, 1.165) is 13.0 Å². The lowest BCUT2D eigenvalue weighted by atomic mass is 10.1. The molecule has 1 atom stereocenters. The Morgan fingerprint density at radius 3 is 2.80 bits per heavy atom. The molecule has 0 rings (SSSR count). The summed E-state index contributed by atoms with van der Waals surface area (Å²) in [5.74, 6) is 0.531. The molecule has 2 heteroatoms. The maximum atomic E-state index is 10.4. The molecule has 10 heavy (non-hydrogen) atoms. The lowest BCUT2D eigenvalue weighted by Crippen LogP contribution is -2.21. The van der Waals surface area contributed by atoms with Crippen LogP contribution in [0.4, 0.5) is 0 Å². The van der Waals surface area contributed by atoms with Gasteiger partial charge in [-0.3, -0.25) is 4.79 Å². The monoisotopic (exact) mass is 141 g/mol. The van der Waals surface area contributed by atoms with E-state index in [1.165, 1.54) is 6.92 Å². The van der Waals surface area contributed by atoms with Crippen LogP contribution in [0, 0.1) is 5.92 Å². The molecule has 0 aliphatic heterocycles. The van der Waals surface area contributed by atoms with Crippen LogP contribution in [0.3, 0.4) is 0 Å². The minimum absolute atomic E-state index is 0.0382. The lowest BCUT2D eigenvalue weighted by Gasteiger charge is -2.04. The third-order valence-corrected chi connectivity index (χ3v) is 1.38. The molecule has 0 spiro atoms. The first-order valence-corrected chi connectivity index (χ1v) is 3.53. The topological polar surface area (TPSA) is 29.1 Å². The van der Waals surface area contributed by atoms with Crippen LogP contribution in [-0.2, 0) is 4.79 Å². The minimum atomic E-state index is 0.0382. The molecular weight excluding hydrogens is 126 g/mol. The van der Waals surface area contributed by atoms with E-state index in [2.05, 4.69) is 18.8 Å². The van der Waals surface area contributed by atoms with Gasteiger partial charge < -0.3 is 5.32 Å². The van der Waals surface area contributed by atoms with Crippen LogP contribution in [0.15, 0.2) is 12.7 Å². The average Bonchev–Trinajstić information content (AvgIpc) is 1.87. The van der Waals surface area contributed by atoms with Gasteiger partial charge in [0.2, 0.25) is 5.91 Å². The number of rotatable bonds is 4. The first-order valence-electron chi connectivity index (χ1n) is 3.53. The molecule has 2 nitrogen and oxygen atoms in total. The molecule has 58 valence electrons. The lowest BCUT2D eigenvalue weighted by molar-refractivity contribution is -0.118. The Labute approximate surface area is 62.3 Å². The van der Waals surface area contributed by atoms with Crippen molar-refractivity contribution < 1.29 is 4.79 Å². The largest absolute Gasteiger partial charge is 0.356 e. The van der Waals surface area contributed by atoms with E-state index in [0.29, 0.717) is 5.92 Å². The van der Waals surface area contributed by atoms with Gasteiger partial charge in [-0.15, -0.1) is 6.58 Å². The van der Waals surface area contributed by atoms with E-state index in [4.69, 9.17) is 0 Å². The third kappa shape index (κ3) is 5.35. The predicted molar refractivity (Wildman–Crippen MR) is 42.7 cm³/mol. The SMILES string of the molecule is C=CC(C)CCNC(C)=O. The predicted octanol–water partition coefficient (Wildman–Crippen LogP) is 1.33. The Kier molecular flexibility index (Phi) is 4.63. The molecule has 1 N–H and O–H groups in total. The number of amides is 1. The molecule has 0 aromatic heterocycles. The molecule has 0 aromatic carbocycles. The van der Waals surface area contributed by atoms with Crippen molar-refractivity contribution in [1.29, 1.82) is 0 Å². The van der Waals surface area contributed by atoms with Gasteiger partial charge in [0.05, 0.1) is 0 Å². The second kappa shape index (κ2) is 5.03. The van der Waals surface area contributed by atoms with Crippen molar-refractivity contribution in [3.63, 3.8) is 0 Å². The van der Waals surface area contributed by atoms with E-state index in [9.17, 15) is 4.79 Å². The molecule has 0 aliphatic rings. The number of hydrogen-bond donors (Lipinski definition) is 1. The number of allylic oxidation sites excluding steroid dienone is 1. The van der Waals surface area contributed by atoms with Crippen molar-refractivity contribution in [2.24, 2.45) is 5.92 Å². The molecule has 0 saturated heterocycles. The summed E-state index contributed by atoms with van der Waals surface area (Å²) in [5, 5.41) is 2.72. The Morgan fingerprint density at radius 1 is 1.80 bits per heavy atom. The van der Waals surface area contributed by atoms with Gasteiger partial charge in [-0.1, -0.05) is 13.0 Å². The molecule has 1 amide bonds. The van der Waals surface area contributed by atoms with Crippen molar-refractivity contribution in [2.45, 2.75) is 20.3 Å². The van der Waals surface area contributed by atoms with E-state index < -0.39 is 0 Å². The van der Waals surface area contributed by atoms with Crippen LogP contribution >= 0.6 is 0 Å². The van der Waals surface area contributed by atoms with E-state index in [1.807, 2.05) is 6.08 Å². The summed E-state index contributed by atoms with van der Waals surface area (Å²) in [7, 11) is 0. The highest BCUT2D eigenvalue weighted by Gasteiger charge is 1.95. The molecule has 0 fully saturated rings. The second-order valence-electron chi connectivity index (χ2n) is 2.48. The van der Waals surface area contributed by atoms with Crippen molar-refractivity contribution >= 4 is 5.91 Å². The third-order valence-electron chi connectivity index (χ3n) is 1.38. The summed E-state index contributed by atoms with van der Waals surface area (Å²) in [6, 6.07) is 0. The first-order chi connectivity index (χ1) is 4.66. The summed E-state index contributed by atoms with van der Waals surface area (Å²) in [6.07, 6.45) is 2.87. The maximum Gasteiger partial charge on any atom is 0.216 e. The van der Waals surface area contributed by atoms with E-state index in [-0.39, 0.29) is 5.91 Å². The Hall–Kier alpha value is -0.790. The van der Waals surface area contributed by atoms with Crippen molar-refractivity contribution in [3.05, 3.63) is 12.7 Å². The molecule has 0 aromatic rings. The molecule has 1 unspecified atom stereocenters. The van der Waals surface area contributed by atoms with E-state index in [1.54, 1.807) is 0 Å². The Balaban J connectivity index is 3.19. The van der Waals surface area contributed by atoms with Crippen LogP contribution in [0.1, 0.15) is 20.3 Å². The van der Waals surface area contributed by atoms with E-state index >= 15 is 0 Å². The molecule has 0 aliphatic carbocycles. The van der Waals surface area contributed by atoms with Crippen molar-refractivity contribution in [2.75, 3.05) is 6.54 Å². The molecule has 0 saturated carbocycles. The van der Waals surface area contributed by atoms with Crippen molar-refractivity contribution in [1.82, 2.24) is 5.32 Å². The Bertz CT molecular complexity index is 120. The van der Waals surface area contributed by atoms with Crippen molar-refractivity contribution in [3.8, 4) is 0 Å². The van der Waals surface area contributed by atoms with Gasteiger partial charge in [0.25, 0.3) is 0 Å². The zero-order chi connectivity index (χ0) is 7.98. The van der Waals surface area contributed by atoms with Gasteiger partial charge in [0.1, 0.15) is 0 Å². The fourth-order valence-electron chi connectivity index (χ4n) is 0.594. The fraction of sp³-hybridized carbons (Fsp3) is 0.625. The number of carbonyl (C=O) groups is 1. The quantitative estimate of drug-likeness (QED) is 0.588. The smallest absolute Gasteiger partial charge is 0.216 e. The summed E-state index contributed by atoms with van der Waals surface area (Å²) in [4.78, 5) is 10.4. The highest BCUT2D eigenvalue weighted by atomic mass is 16.1. The second-order valence-corrected chi connectivity index (χ2v) is 2.48. The molecule has 0 radical (unpaired) electrons. The first kappa shape index (κ1) is 9.21. The summed E-state index contributed by atoms with van der Waals surface area (Å²) in [6.45, 7) is 8.00. The van der Waals surface area contributed by atoms with Crippen LogP contribution in [0.25, 0.3) is 0 Å². The number of carbonyl (C=O) groups excluding carboxylic acids is 1. The van der Waals surface area contributed by atoms with Crippen LogP contribution in [0.2, 0.25) is 0 Å². The highest BCUT2D eigenvalue weighted by molar-refractivity contribution is 5.72. The van der Waals surface area contributed by atoms with Crippen LogP contribution in [-0.4, -0.2) is 12.5 Å². The van der Waals surface area contributed by atoms with Crippen LogP contribution in [0.5, 0.6) is 0 Å². The number of hydrogen-bond acceptors (Lipinski definition) is 1. The maximum absolute atomic E-state index is 10.4. The minimum Gasteiger partial charge on any atom is -0.356 e. The summed E-state index contributed by atoms with van der Waals surface area (Å²) >= 11 is 0. The zero-order valence-corrected chi connectivity index (χ0v) is 6.68. The summed E-state index contributed by atoms with van der Waals surface area (Å²) < 4.78 is 0. The standard InChI is InChI=1S/C8H15NO/c1-4-7(2)5-6-9-8(3)10/h4,7H,1,5-6H2,2-3H3,(H,9,10). The van der Waals surface area contributed by atoms with Gasteiger partial charge >= 0.3 is 0 Å². The average molecular weight is 141 g/mol. The molecule has 0 heterocycles. The fourth-order valence-corrected chi connectivity index (χ4v) is 0.594. The van der Waals surface area contributed by atoms with Gasteiger partial charge in [-0.05, 0) is 12.3 Å². The van der Waals surface area contributed by atoms with Gasteiger partial charge in [-0.2, -0.15) is 0 Å². The Morgan fingerprint density at radius 2 is 2.40 bits per heavy atom. The van der Waals surface area contributed by atoms with Gasteiger partial charge in [0, 0.05) is 13.5 Å². The molecule has 0 bridgehead atoms. The van der Waals surface area contributed by atoms with Crippen LogP contribution < -0.4 is 5.32 Å². The normalized spacial score (nSPS) is 12.2. The highest BCUT2D eigenvalue weighted by Crippen LogP contribution is 1.99. The zero-order valence-electron chi connectivity index (χ0n) is 6.68. The van der Waals surface area contributed by atoms with Gasteiger partial charge in [-0.25, -0.2) is 0 Å².